The number of hydrogen-bond acceptors (Lipinski definition) is 4. The third-order valence-electron chi connectivity index (χ3n) is 4.65. The van der Waals surface area contributed by atoms with Crippen molar-refractivity contribution >= 4 is 21.6 Å². The summed E-state index contributed by atoms with van der Waals surface area (Å²) in [4.78, 5) is 14.5. The van der Waals surface area contributed by atoms with Gasteiger partial charge in [0, 0.05) is 18.3 Å². The summed E-state index contributed by atoms with van der Waals surface area (Å²) in [6, 6.07) is 14.9. The van der Waals surface area contributed by atoms with Gasteiger partial charge in [-0.05, 0) is 49.1 Å². The van der Waals surface area contributed by atoms with Crippen LogP contribution in [0.5, 0.6) is 0 Å². The van der Waals surface area contributed by atoms with E-state index in [-0.39, 0.29) is 10.8 Å². The summed E-state index contributed by atoms with van der Waals surface area (Å²) >= 11 is 0. The van der Waals surface area contributed by atoms with E-state index >= 15 is 0 Å². The molecule has 0 fully saturated rings. The summed E-state index contributed by atoms with van der Waals surface area (Å²) in [7, 11) is -3.67. The van der Waals surface area contributed by atoms with E-state index in [1.165, 1.54) is 17.7 Å². The molecule has 0 saturated heterocycles. The lowest BCUT2D eigenvalue weighted by atomic mass is 10.1. The van der Waals surface area contributed by atoms with Gasteiger partial charge in [0.25, 0.3) is 0 Å². The normalized spacial score (nSPS) is 16.4. The van der Waals surface area contributed by atoms with Crippen molar-refractivity contribution in [2.24, 2.45) is 5.14 Å². The maximum Gasteiger partial charge on any atom is 0.239 e. The summed E-state index contributed by atoms with van der Waals surface area (Å²) in [6.07, 6.45) is 1.59. The van der Waals surface area contributed by atoms with Crippen LogP contribution in [0.2, 0.25) is 0 Å². The molecule has 0 saturated carbocycles. The molecule has 1 heterocycles. The summed E-state index contributed by atoms with van der Waals surface area (Å²) in [6.45, 7) is 2.96. The zero-order valence-electron chi connectivity index (χ0n) is 14.7. The smallest absolute Gasteiger partial charge is 0.239 e. The van der Waals surface area contributed by atoms with E-state index in [1.807, 2.05) is 12.1 Å². The van der Waals surface area contributed by atoms with Crippen LogP contribution in [0.1, 0.15) is 18.1 Å². The van der Waals surface area contributed by atoms with E-state index in [0.29, 0.717) is 25.6 Å². The minimum Gasteiger partial charge on any atom is -0.359 e. The van der Waals surface area contributed by atoms with E-state index in [2.05, 4.69) is 29.3 Å². The SMILES string of the molecule is CC1Cc2ccccc2N1CC(=O)NCCc1ccc(S(N)(=O)=O)cc1. The summed E-state index contributed by atoms with van der Waals surface area (Å²) < 4.78 is 22.5. The first-order valence-corrected chi connectivity index (χ1v) is 10.1. The van der Waals surface area contributed by atoms with Crippen LogP contribution in [0.3, 0.4) is 0 Å². The molecular weight excluding hydrogens is 350 g/mol. The van der Waals surface area contributed by atoms with E-state index in [4.69, 9.17) is 5.14 Å². The van der Waals surface area contributed by atoms with Crippen LogP contribution >= 0.6 is 0 Å². The number of anilines is 1. The third-order valence-corrected chi connectivity index (χ3v) is 5.58. The predicted octanol–water partition coefficient (Wildman–Crippen LogP) is 1.44. The zero-order chi connectivity index (χ0) is 18.7. The molecule has 6 nitrogen and oxygen atoms in total. The average Bonchev–Trinajstić information content (AvgIpc) is 2.90. The molecule has 1 unspecified atom stereocenters. The molecule has 2 aromatic rings. The fourth-order valence-electron chi connectivity index (χ4n) is 3.27. The van der Waals surface area contributed by atoms with E-state index < -0.39 is 10.0 Å². The quantitative estimate of drug-likeness (QED) is 0.801. The average molecular weight is 373 g/mol. The number of carbonyl (C=O) groups is 1. The van der Waals surface area contributed by atoms with Crippen LogP contribution in [0, 0.1) is 0 Å². The van der Waals surface area contributed by atoms with Gasteiger partial charge in [0.15, 0.2) is 0 Å². The predicted molar refractivity (Wildman–Crippen MR) is 101 cm³/mol. The Morgan fingerprint density at radius 2 is 1.88 bits per heavy atom. The topological polar surface area (TPSA) is 92.5 Å². The number of carbonyl (C=O) groups excluding carboxylic acids is 1. The Balaban J connectivity index is 1.51. The number of amides is 1. The second-order valence-electron chi connectivity index (χ2n) is 6.60. The van der Waals surface area contributed by atoms with Gasteiger partial charge in [-0.1, -0.05) is 30.3 Å². The molecule has 0 spiro atoms. The number of hydrogen-bond donors (Lipinski definition) is 2. The summed E-state index contributed by atoms with van der Waals surface area (Å²) in [5, 5.41) is 8.01. The summed E-state index contributed by atoms with van der Waals surface area (Å²) in [5.41, 5.74) is 3.36. The molecule has 1 aliphatic heterocycles. The number of rotatable bonds is 6. The van der Waals surface area contributed by atoms with Gasteiger partial charge in [-0.15, -0.1) is 0 Å². The molecule has 1 atom stereocenters. The first-order chi connectivity index (χ1) is 12.3. The number of nitrogens with two attached hydrogens (primary N) is 1. The van der Waals surface area contributed by atoms with Crippen LogP contribution < -0.4 is 15.4 Å². The van der Waals surface area contributed by atoms with Crippen molar-refractivity contribution in [1.82, 2.24) is 5.32 Å². The number of nitrogens with one attached hydrogen (secondary N) is 1. The van der Waals surface area contributed by atoms with Gasteiger partial charge in [0.05, 0.1) is 11.4 Å². The number of nitrogens with zero attached hydrogens (tertiary/aromatic N) is 1. The second-order valence-corrected chi connectivity index (χ2v) is 8.16. The fraction of sp³-hybridized carbons (Fsp3) is 0.316. The molecular formula is C19H23N3O3S. The first-order valence-electron chi connectivity index (χ1n) is 8.57. The van der Waals surface area contributed by atoms with E-state index in [1.54, 1.807) is 12.1 Å². The molecule has 7 heteroatoms. The molecule has 0 bridgehead atoms. The van der Waals surface area contributed by atoms with Gasteiger partial charge in [-0.2, -0.15) is 0 Å². The molecule has 1 amide bonds. The number of benzene rings is 2. The Morgan fingerprint density at radius 3 is 2.58 bits per heavy atom. The van der Waals surface area contributed by atoms with E-state index in [9.17, 15) is 13.2 Å². The van der Waals surface area contributed by atoms with Crippen molar-refractivity contribution in [3.63, 3.8) is 0 Å². The highest BCUT2D eigenvalue weighted by Crippen LogP contribution is 2.31. The molecule has 2 aromatic carbocycles. The van der Waals surface area contributed by atoms with Crippen LogP contribution in [-0.2, 0) is 27.7 Å². The fourth-order valence-corrected chi connectivity index (χ4v) is 3.79. The highest BCUT2D eigenvalue weighted by molar-refractivity contribution is 7.89. The maximum atomic E-state index is 12.3. The molecule has 26 heavy (non-hydrogen) atoms. The Hall–Kier alpha value is -2.38. The molecule has 0 aromatic heterocycles. The lowest BCUT2D eigenvalue weighted by Gasteiger charge is -2.24. The summed E-state index contributed by atoms with van der Waals surface area (Å²) in [5.74, 6) is -0.0188. The van der Waals surface area contributed by atoms with E-state index in [0.717, 1.165) is 17.7 Å². The highest BCUT2D eigenvalue weighted by Gasteiger charge is 2.26. The molecule has 0 aliphatic carbocycles. The largest absolute Gasteiger partial charge is 0.359 e. The Labute approximate surface area is 154 Å². The Bertz CT molecular complexity index is 895. The van der Waals surface area contributed by atoms with Crippen molar-refractivity contribution < 1.29 is 13.2 Å². The molecule has 1 aliphatic rings. The van der Waals surface area contributed by atoms with Crippen LogP contribution in [0.4, 0.5) is 5.69 Å². The molecule has 3 N–H and O–H groups in total. The van der Waals surface area contributed by atoms with Gasteiger partial charge in [0.1, 0.15) is 0 Å². The van der Waals surface area contributed by atoms with Gasteiger partial charge < -0.3 is 10.2 Å². The van der Waals surface area contributed by atoms with Crippen molar-refractivity contribution in [3.05, 3.63) is 59.7 Å². The molecule has 3 rings (SSSR count). The number of primary sulfonamides is 1. The zero-order valence-corrected chi connectivity index (χ0v) is 15.5. The molecule has 138 valence electrons. The van der Waals surface area contributed by atoms with Crippen molar-refractivity contribution in [2.75, 3.05) is 18.0 Å². The number of para-hydroxylation sites is 1. The van der Waals surface area contributed by atoms with Crippen molar-refractivity contribution in [1.29, 1.82) is 0 Å². The van der Waals surface area contributed by atoms with Gasteiger partial charge in [-0.25, -0.2) is 13.6 Å². The number of sulfonamides is 1. The third kappa shape index (κ3) is 4.23. The monoisotopic (exact) mass is 373 g/mol. The first kappa shape index (κ1) is 18.4. The number of fused-ring (bicyclic) bond motifs is 1. The standard InChI is InChI=1S/C19H23N3O3S/c1-14-12-16-4-2-3-5-18(16)22(14)13-19(23)21-11-10-15-6-8-17(9-7-15)26(20,24)25/h2-9,14H,10-13H2,1H3,(H,21,23)(H2,20,24,25). The van der Waals surface area contributed by atoms with Crippen LogP contribution in [0.15, 0.2) is 53.4 Å². The second kappa shape index (κ2) is 7.47. The van der Waals surface area contributed by atoms with Crippen molar-refractivity contribution in [3.8, 4) is 0 Å². The lowest BCUT2D eigenvalue weighted by molar-refractivity contribution is -0.119. The molecule has 0 radical (unpaired) electrons. The maximum absolute atomic E-state index is 12.3. The van der Waals surface area contributed by atoms with Gasteiger partial charge >= 0.3 is 0 Å². The van der Waals surface area contributed by atoms with Crippen LogP contribution in [0.25, 0.3) is 0 Å². The van der Waals surface area contributed by atoms with Gasteiger partial charge in [0.2, 0.25) is 15.9 Å². The Morgan fingerprint density at radius 1 is 1.19 bits per heavy atom. The Kier molecular flexibility index (Phi) is 5.29. The minimum atomic E-state index is -3.67. The minimum absolute atomic E-state index is 0.0188. The van der Waals surface area contributed by atoms with Crippen LogP contribution in [-0.4, -0.2) is 33.5 Å². The highest BCUT2D eigenvalue weighted by atomic mass is 32.2. The van der Waals surface area contributed by atoms with Gasteiger partial charge in [-0.3, -0.25) is 4.79 Å². The van der Waals surface area contributed by atoms with Crippen molar-refractivity contribution in [2.45, 2.75) is 30.7 Å². The lowest BCUT2D eigenvalue weighted by Crippen LogP contribution is -2.40.